The van der Waals surface area contributed by atoms with E-state index in [1.54, 1.807) is 0 Å². The Labute approximate surface area is 85.5 Å². The van der Waals surface area contributed by atoms with Gasteiger partial charge in [0.2, 0.25) is 0 Å². The first-order chi connectivity index (χ1) is 7.36. The van der Waals surface area contributed by atoms with E-state index < -0.39 is 40.1 Å². The summed E-state index contributed by atoms with van der Waals surface area (Å²) < 4.78 is 37.7. The lowest BCUT2D eigenvalue weighted by Gasteiger charge is -2.05. The topological polar surface area (TPSA) is 93.3 Å². The van der Waals surface area contributed by atoms with Crippen LogP contribution in [0.25, 0.3) is 0 Å². The zero-order valence-corrected chi connectivity index (χ0v) is 7.35. The number of halogens is 3. The first-order valence-corrected chi connectivity index (χ1v) is 3.70. The number of aromatic carboxylic acids is 1. The van der Waals surface area contributed by atoms with Crippen molar-refractivity contribution in [2.45, 2.75) is 6.43 Å². The highest BCUT2D eigenvalue weighted by Gasteiger charge is 2.33. The van der Waals surface area contributed by atoms with Crippen molar-refractivity contribution in [2.24, 2.45) is 0 Å². The van der Waals surface area contributed by atoms with Gasteiger partial charge in [-0.05, 0) is 9.91 Å². The molecule has 0 radical (unpaired) electrons. The SMILES string of the molecule is O=C(O)c1c(F)cnc([N+](=O)[O-])c1C(F)F. The molecule has 1 rings (SSSR count). The van der Waals surface area contributed by atoms with Gasteiger partial charge in [-0.3, -0.25) is 0 Å². The molecule has 0 atom stereocenters. The van der Waals surface area contributed by atoms with Gasteiger partial charge in [-0.1, -0.05) is 0 Å². The number of alkyl halides is 2. The highest BCUT2D eigenvalue weighted by molar-refractivity contribution is 5.90. The van der Waals surface area contributed by atoms with Crippen LogP contribution < -0.4 is 0 Å². The Morgan fingerprint density at radius 1 is 1.56 bits per heavy atom. The maximum Gasteiger partial charge on any atom is 0.373 e. The van der Waals surface area contributed by atoms with Crippen LogP contribution in [-0.4, -0.2) is 21.0 Å². The third kappa shape index (κ3) is 1.92. The Kier molecular flexibility index (Phi) is 3.06. The van der Waals surface area contributed by atoms with Crippen molar-refractivity contribution >= 4 is 11.8 Å². The standard InChI is InChI=1S/C7H3F3N2O4/c8-2-1-11-6(12(15)16)4(5(9)10)3(2)7(13)14/h1,5H,(H,13,14). The number of rotatable bonds is 3. The fraction of sp³-hybridized carbons (Fsp3) is 0.143. The van der Waals surface area contributed by atoms with E-state index in [2.05, 4.69) is 4.98 Å². The Hall–Kier alpha value is -2.19. The highest BCUT2D eigenvalue weighted by atomic mass is 19.3. The van der Waals surface area contributed by atoms with Gasteiger partial charge in [-0.15, -0.1) is 0 Å². The maximum absolute atomic E-state index is 12.9. The van der Waals surface area contributed by atoms with E-state index in [9.17, 15) is 28.1 Å². The molecule has 86 valence electrons. The second-order valence-corrected chi connectivity index (χ2v) is 2.58. The molecule has 0 bridgehead atoms. The Bertz CT molecular complexity index is 463. The molecule has 1 aromatic rings. The van der Waals surface area contributed by atoms with E-state index in [0.29, 0.717) is 0 Å². The molecule has 0 aliphatic carbocycles. The lowest BCUT2D eigenvalue weighted by atomic mass is 10.1. The van der Waals surface area contributed by atoms with Gasteiger partial charge in [0.1, 0.15) is 11.1 Å². The number of hydrogen-bond donors (Lipinski definition) is 1. The van der Waals surface area contributed by atoms with Crippen molar-refractivity contribution in [1.29, 1.82) is 0 Å². The summed E-state index contributed by atoms with van der Waals surface area (Å²) in [6.45, 7) is 0. The number of pyridine rings is 1. The number of nitro groups is 1. The normalized spacial score (nSPS) is 10.5. The van der Waals surface area contributed by atoms with E-state index in [1.807, 2.05) is 0 Å². The first kappa shape index (κ1) is 11.9. The summed E-state index contributed by atoms with van der Waals surface area (Å²) in [7, 11) is 0. The Morgan fingerprint density at radius 2 is 2.12 bits per heavy atom. The van der Waals surface area contributed by atoms with Crippen molar-refractivity contribution in [2.75, 3.05) is 0 Å². The van der Waals surface area contributed by atoms with Crippen molar-refractivity contribution in [1.82, 2.24) is 4.98 Å². The lowest BCUT2D eigenvalue weighted by molar-refractivity contribution is -0.391. The average molecular weight is 236 g/mol. The number of hydrogen-bond acceptors (Lipinski definition) is 4. The molecule has 16 heavy (non-hydrogen) atoms. The van der Waals surface area contributed by atoms with Crippen LogP contribution in [-0.2, 0) is 0 Å². The van der Waals surface area contributed by atoms with Crippen LogP contribution in [0.3, 0.4) is 0 Å². The summed E-state index contributed by atoms with van der Waals surface area (Å²) >= 11 is 0. The summed E-state index contributed by atoms with van der Waals surface area (Å²) in [6.07, 6.45) is -3.29. The van der Waals surface area contributed by atoms with Crippen molar-refractivity contribution in [3.05, 3.63) is 33.3 Å². The molecule has 0 saturated heterocycles. The molecule has 0 aliphatic rings. The fourth-order valence-corrected chi connectivity index (χ4v) is 1.06. The minimum absolute atomic E-state index is 0.216. The van der Waals surface area contributed by atoms with Gasteiger partial charge < -0.3 is 15.2 Å². The molecular weight excluding hydrogens is 233 g/mol. The summed E-state index contributed by atoms with van der Waals surface area (Å²) in [4.78, 5) is 22.3. The van der Waals surface area contributed by atoms with Gasteiger partial charge in [-0.2, -0.15) is 0 Å². The minimum atomic E-state index is -3.50. The van der Waals surface area contributed by atoms with E-state index in [1.165, 1.54) is 0 Å². The van der Waals surface area contributed by atoms with Gasteiger partial charge in [0, 0.05) is 0 Å². The fourth-order valence-electron chi connectivity index (χ4n) is 1.06. The Balaban J connectivity index is 3.63. The molecule has 0 spiro atoms. The van der Waals surface area contributed by atoms with Crippen molar-refractivity contribution < 1.29 is 28.0 Å². The molecule has 0 fully saturated rings. The average Bonchev–Trinajstić information content (AvgIpc) is 2.15. The third-order valence-corrected chi connectivity index (χ3v) is 1.65. The quantitative estimate of drug-likeness (QED) is 0.637. The van der Waals surface area contributed by atoms with E-state index in [-0.39, 0.29) is 6.20 Å². The highest BCUT2D eigenvalue weighted by Crippen LogP contribution is 2.31. The maximum atomic E-state index is 12.9. The molecule has 0 amide bonds. The number of carboxylic acids is 1. The molecule has 9 heteroatoms. The molecule has 6 nitrogen and oxygen atoms in total. The summed E-state index contributed by atoms with van der Waals surface area (Å²) in [5.74, 6) is -4.93. The number of aromatic nitrogens is 1. The second kappa shape index (κ2) is 4.13. The number of carbonyl (C=O) groups is 1. The van der Waals surface area contributed by atoms with Crippen LogP contribution in [0, 0.1) is 15.9 Å². The van der Waals surface area contributed by atoms with Crippen molar-refractivity contribution in [3.8, 4) is 0 Å². The lowest BCUT2D eigenvalue weighted by Crippen LogP contribution is -2.11. The zero-order valence-electron chi connectivity index (χ0n) is 7.35. The molecule has 0 aliphatic heterocycles. The van der Waals surface area contributed by atoms with Crippen LogP contribution in [0.1, 0.15) is 22.3 Å². The zero-order chi connectivity index (χ0) is 12.5. The van der Waals surface area contributed by atoms with E-state index in [0.717, 1.165) is 0 Å². The van der Waals surface area contributed by atoms with Gasteiger partial charge in [0.15, 0.2) is 12.0 Å². The molecular formula is C7H3F3N2O4. The summed E-state index contributed by atoms with van der Waals surface area (Å²) in [5.41, 5.74) is -2.96. The van der Waals surface area contributed by atoms with Gasteiger partial charge in [0.25, 0.3) is 6.43 Å². The van der Waals surface area contributed by atoms with Crippen LogP contribution in [0.5, 0.6) is 0 Å². The molecule has 1 aromatic heterocycles. The molecule has 0 saturated carbocycles. The monoisotopic (exact) mass is 236 g/mol. The largest absolute Gasteiger partial charge is 0.478 e. The smallest absolute Gasteiger partial charge is 0.373 e. The molecule has 1 N–H and O–H groups in total. The first-order valence-electron chi connectivity index (χ1n) is 3.70. The molecule has 0 unspecified atom stereocenters. The van der Waals surface area contributed by atoms with Gasteiger partial charge in [-0.25, -0.2) is 18.0 Å². The van der Waals surface area contributed by atoms with Crippen LogP contribution in [0.2, 0.25) is 0 Å². The number of carboxylic acid groups (broad SMARTS) is 1. The van der Waals surface area contributed by atoms with Crippen LogP contribution in [0.15, 0.2) is 6.20 Å². The predicted octanol–water partition coefficient (Wildman–Crippen LogP) is 1.76. The van der Waals surface area contributed by atoms with Crippen LogP contribution in [0.4, 0.5) is 19.0 Å². The van der Waals surface area contributed by atoms with Crippen LogP contribution >= 0.6 is 0 Å². The predicted molar refractivity (Wildman–Crippen MR) is 42.8 cm³/mol. The second-order valence-electron chi connectivity index (χ2n) is 2.58. The Morgan fingerprint density at radius 3 is 2.50 bits per heavy atom. The van der Waals surface area contributed by atoms with E-state index >= 15 is 0 Å². The van der Waals surface area contributed by atoms with E-state index in [4.69, 9.17) is 5.11 Å². The van der Waals surface area contributed by atoms with Gasteiger partial charge >= 0.3 is 11.8 Å². The third-order valence-electron chi connectivity index (χ3n) is 1.65. The van der Waals surface area contributed by atoms with Crippen molar-refractivity contribution in [3.63, 3.8) is 0 Å². The number of nitrogens with zero attached hydrogens (tertiary/aromatic N) is 2. The molecule has 1 heterocycles. The summed E-state index contributed by atoms with van der Waals surface area (Å²) in [6, 6.07) is 0. The van der Waals surface area contributed by atoms with Gasteiger partial charge in [0.05, 0.1) is 0 Å². The minimum Gasteiger partial charge on any atom is -0.478 e. The summed E-state index contributed by atoms with van der Waals surface area (Å²) in [5, 5.41) is 18.8. The molecule has 0 aromatic carbocycles.